The second kappa shape index (κ2) is 5.19. The number of anilines is 1. The molecule has 0 bridgehead atoms. The zero-order valence-electron chi connectivity index (χ0n) is 13.4. The van der Waals surface area contributed by atoms with Gasteiger partial charge in [-0.2, -0.15) is 5.10 Å². The molecule has 0 spiro atoms. The number of hydrogen-bond donors (Lipinski definition) is 1. The number of nitrogens with one attached hydrogen (secondary N) is 1. The maximum atomic E-state index is 12.8. The van der Waals surface area contributed by atoms with Crippen molar-refractivity contribution in [2.75, 3.05) is 5.32 Å². The van der Waals surface area contributed by atoms with Crippen LogP contribution < -0.4 is 5.32 Å². The second-order valence-corrected chi connectivity index (χ2v) is 7.13. The van der Waals surface area contributed by atoms with Crippen molar-refractivity contribution in [1.82, 2.24) is 19.2 Å². The number of nitrogens with zero attached hydrogens (tertiary/aromatic N) is 4. The molecule has 3 aromatic heterocycles. The summed E-state index contributed by atoms with van der Waals surface area (Å²) in [4.78, 5) is 18.1. The first-order chi connectivity index (χ1) is 11.1. The summed E-state index contributed by atoms with van der Waals surface area (Å²) in [6, 6.07) is 0.312. The molecule has 3 aromatic rings. The van der Waals surface area contributed by atoms with Gasteiger partial charge >= 0.3 is 0 Å². The summed E-state index contributed by atoms with van der Waals surface area (Å²) in [5.41, 5.74) is 2.32. The first-order valence-corrected chi connectivity index (χ1v) is 8.72. The Morgan fingerprint density at radius 3 is 2.96 bits per heavy atom. The Balaban J connectivity index is 1.68. The van der Waals surface area contributed by atoms with Crippen LogP contribution in [0.25, 0.3) is 4.96 Å². The van der Waals surface area contributed by atoms with Crippen molar-refractivity contribution in [2.24, 2.45) is 5.92 Å². The molecule has 0 radical (unpaired) electrons. The number of rotatable bonds is 4. The highest BCUT2D eigenvalue weighted by Gasteiger charge is 2.31. The SMILES string of the molecule is Cc1cnn(C(C)C2CC2)c1NC(=O)c1c(C)nc2sccn12. The molecule has 1 unspecified atom stereocenters. The van der Waals surface area contributed by atoms with Crippen LogP contribution in [-0.2, 0) is 0 Å². The first-order valence-electron chi connectivity index (χ1n) is 7.84. The van der Waals surface area contributed by atoms with Crippen molar-refractivity contribution in [3.63, 3.8) is 0 Å². The lowest BCUT2D eigenvalue weighted by Crippen LogP contribution is -2.20. The van der Waals surface area contributed by atoms with E-state index in [1.54, 1.807) is 0 Å². The van der Waals surface area contributed by atoms with Gasteiger partial charge in [0.1, 0.15) is 11.5 Å². The van der Waals surface area contributed by atoms with E-state index >= 15 is 0 Å². The predicted molar refractivity (Wildman–Crippen MR) is 90.2 cm³/mol. The summed E-state index contributed by atoms with van der Waals surface area (Å²) in [5.74, 6) is 1.32. The molecule has 1 saturated carbocycles. The van der Waals surface area contributed by atoms with Crippen LogP contribution in [0.1, 0.15) is 47.6 Å². The number of thiazole rings is 1. The number of aryl methyl sites for hydroxylation is 2. The maximum absolute atomic E-state index is 12.8. The normalized spacial score (nSPS) is 16.0. The van der Waals surface area contributed by atoms with Crippen molar-refractivity contribution in [1.29, 1.82) is 0 Å². The third kappa shape index (κ3) is 2.35. The lowest BCUT2D eigenvalue weighted by Gasteiger charge is -2.16. The minimum absolute atomic E-state index is 0.138. The third-order valence-electron chi connectivity index (χ3n) is 4.55. The van der Waals surface area contributed by atoms with Crippen LogP contribution in [0, 0.1) is 19.8 Å². The van der Waals surface area contributed by atoms with Gasteiger partial charge in [-0.1, -0.05) is 0 Å². The lowest BCUT2D eigenvalue weighted by molar-refractivity contribution is 0.101. The summed E-state index contributed by atoms with van der Waals surface area (Å²) < 4.78 is 3.79. The highest BCUT2D eigenvalue weighted by atomic mass is 32.1. The maximum Gasteiger partial charge on any atom is 0.275 e. The van der Waals surface area contributed by atoms with E-state index in [-0.39, 0.29) is 5.91 Å². The van der Waals surface area contributed by atoms with Crippen molar-refractivity contribution in [2.45, 2.75) is 39.7 Å². The van der Waals surface area contributed by atoms with Crippen LogP contribution in [0.15, 0.2) is 17.8 Å². The van der Waals surface area contributed by atoms with Gasteiger partial charge in [0.25, 0.3) is 5.91 Å². The highest BCUT2D eigenvalue weighted by Crippen LogP contribution is 2.40. The van der Waals surface area contributed by atoms with Gasteiger partial charge in [0.2, 0.25) is 0 Å². The van der Waals surface area contributed by atoms with E-state index in [0.717, 1.165) is 22.0 Å². The van der Waals surface area contributed by atoms with Gasteiger partial charge in [-0.25, -0.2) is 9.67 Å². The van der Waals surface area contributed by atoms with E-state index in [1.165, 1.54) is 24.2 Å². The molecule has 0 saturated heterocycles. The number of aromatic nitrogens is 4. The summed E-state index contributed by atoms with van der Waals surface area (Å²) in [6.45, 7) is 6.01. The van der Waals surface area contributed by atoms with Gasteiger partial charge in [-0.05, 0) is 39.5 Å². The van der Waals surface area contributed by atoms with E-state index < -0.39 is 0 Å². The standard InChI is InChI=1S/C16H19N5OS/c1-9-8-17-21(11(3)12-4-5-12)14(9)19-15(22)13-10(2)18-16-20(13)6-7-23-16/h6-8,11-12H,4-5H2,1-3H3,(H,19,22). The fourth-order valence-electron chi connectivity index (χ4n) is 3.03. The molecule has 4 rings (SSSR count). The van der Waals surface area contributed by atoms with Crippen LogP contribution in [0.3, 0.4) is 0 Å². The third-order valence-corrected chi connectivity index (χ3v) is 5.31. The fraction of sp³-hybridized carbons (Fsp3) is 0.438. The van der Waals surface area contributed by atoms with Gasteiger partial charge in [-0.3, -0.25) is 9.20 Å². The zero-order valence-corrected chi connectivity index (χ0v) is 14.2. The average Bonchev–Trinajstić information content (AvgIpc) is 3.07. The number of fused-ring (bicyclic) bond motifs is 1. The van der Waals surface area contributed by atoms with Gasteiger partial charge in [0, 0.05) is 17.1 Å². The molecule has 1 aliphatic rings. The Morgan fingerprint density at radius 1 is 1.43 bits per heavy atom. The molecule has 0 aromatic carbocycles. The Labute approximate surface area is 138 Å². The molecule has 1 amide bonds. The van der Waals surface area contributed by atoms with E-state index in [4.69, 9.17) is 0 Å². The Kier molecular flexibility index (Phi) is 3.26. The van der Waals surface area contributed by atoms with Crippen LogP contribution in [0.5, 0.6) is 0 Å². The van der Waals surface area contributed by atoms with E-state index in [9.17, 15) is 4.79 Å². The Hall–Kier alpha value is -2.15. The summed E-state index contributed by atoms with van der Waals surface area (Å²) in [7, 11) is 0. The van der Waals surface area contributed by atoms with Gasteiger partial charge in [0.05, 0.1) is 17.9 Å². The molecule has 3 heterocycles. The van der Waals surface area contributed by atoms with Gasteiger partial charge in [0.15, 0.2) is 4.96 Å². The first kappa shape index (κ1) is 14.4. The molecule has 1 aliphatic carbocycles. The molecular formula is C16H19N5OS. The molecule has 1 fully saturated rings. The number of amides is 1. The van der Waals surface area contributed by atoms with Crippen molar-refractivity contribution in [3.8, 4) is 0 Å². The van der Waals surface area contributed by atoms with Crippen LogP contribution >= 0.6 is 11.3 Å². The summed E-state index contributed by atoms with van der Waals surface area (Å²) >= 11 is 1.53. The minimum atomic E-state index is -0.138. The van der Waals surface area contributed by atoms with Gasteiger partial charge < -0.3 is 5.32 Å². The summed E-state index contributed by atoms with van der Waals surface area (Å²) in [6.07, 6.45) is 6.18. The molecule has 0 aliphatic heterocycles. The van der Waals surface area contributed by atoms with E-state index in [0.29, 0.717) is 17.7 Å². The number of imidazole rings is 1. The van der Waals surface area contributed by atoms with Crippen LogP contribution in [-0.4, -0.2) is 25.1 Å². The molecule has 1 atom stereocenters. The van der Waals surface area contributed by atoms with E-state index in [2.05, 4.69) is 22.3 Å². The predicted octanol–water partition coefficient (Wildman–Crippen LogP) is 3.43. The van der Waals surface area contributed by atoms with Crippen molar-refractivity contribution < 1.29 is 4.79 Å². The summed E-state index contributed by atoms with van der Waals surface area (Å²) in [5, 5.41) is 9.45. The minimum Gasteiger partial charge on any atom is -0.305 e. The largest absolute Gasteiger partial charge is 0.305 e. The zero-order chi connectivity index (χ0) is 16.1. The quantitative estimate of drug-likeness (QED) is 0.797. The number of hydrogen-bond acceptors (Lipinski definition) is 4. The molecular weight excluding hydrogens is 310 g/mol. The molecule has 23 heavy (non-hydrogen) atoms. The Morgan fingerprint density at radius 2 is 2.22 bits per heavy atom. The van der Waals surface area contributed by atoms with E-state index in [1.807, 2.05) is 40.7 Å². The topological polar surface area (TPSA) is 64.2 Å². The highest BCUT2D eigenvalue weighted by molar-refractivity contribution is 7.15. The van der Waals surface area contributed by atoms with Crippen molar-refractivity contribution >= 4 is 28.0 Å². The molecule has 120 valence electrons. The monoisotopic (exact) mass is 329 g/mol. The lowest BCUT2D eigenvalue weighted by atomic mass is 10.2. The van der Waals surface area contributed by atoms with Crippen molar-refractivity contribution in [3.05, 3.63) is 34.7 Å². The van der Waals surface area contributed by atoms with Crippen LogP contribution in [0.2, 0.25) is 0 Å². The molecule has 6 nitrogen and oxygen atoms in total. The second-order valence-electron chi connectivity index (χ2n) is 6.25. The molecule has 1 N–H and O–H groups in total. The fourth-order valence-corrected chi connectivity index (χ4v) is 3.79. The van der Waals surface area contributed by atoms with Crippen LogP contribution in [0.4, 0.5) is 5.82 Å². The smallest absolute Gasteiger partial charge is 0.275 e. The number of carbonyl (C=O) groups is 1. The molecule has 7 heteroatoms. The Bertz CT molecular complexity index is 886. The average molecular weight is 329 g/mol. The number of carbonyl (C=O) groups excluding carboxylic acids is 1. The van der Waals surface area contributed by atoms with Gasteiger partial charge in [-0.15, -0.1) is 11.3 Å².